The van der Waals surface area contributed by atoms with Crippen LogP contribution in [0.4, 0.5) is 30.2 Å². The lowest BCUT2D eigenvalue weighted by Crippen LogP contribution is -2.35. The van der Waals surface area contributed by atoms with Gasteiger partial charge in [0.05, 0.1) is 22.0 Å². The third kappa shape index (κ3) is 10.6. The molecule has 4 aromatic carbocycles. The molecule has 7 rings (SSSR count). The molecule has 0 atom stereocenters. The van der Waals surface area contributed by atoms with Crippen molar-refractivity contribution in [2.24, 2.45) is 0 Å². The Kier molecular flexibility index (Phi) is 14.9. The van der Waals surface area contributed by atoms with Gasteiger partial charge in [0.2, 0.25) is 5.52 Å². The van der Waals surface area contributed by atoms with Gasteiger partial charge in [0, 0.05) is 77.0 Å². The summed E-state index contributed by atoms with van der Waals surface area (Å²) in [6.07, 6.45) is 6.90. The van der Waals surface area contributed by atoms with Crippen molar-refractivity contribution in [1.82, 2.24) is 0 Å². The van der Waals surface area contributed by atoms with Crippen LogP contribution >= 0.6 is 47.2 Å². The molecule has 0 saturated carbocycles. The molecule has 0 amide bonds. The molecular formula is C43H41F3N3O6S4+. The predicted molar refractivity (Wildman–Crippen MR) is 232 cm³/mol. The Morgan fingerprint density at radius 1 is 0.831 bits per heavy atom. The molecule has 5 aromatic rings. The number of alkyl halides is 3. The van der Waals surface area contributed by atoms with Crippen molar-refractivity contribution in [1.29, 1.82) is 0 Å². The highest BCUT2D eigenvalue weighted by Crippen LogP contribution is 2.47. The van der Waals surface area contributed by atoms with Gasteiger partial charge < -0.3 is 9.80 Å². The minimum absolute atomic E-state index is 0.421. The van der Waals surface area contributed by atoms with Crippen molar-refractivity contribution in [2.45, 2.75) is 50.2 Å². The number of fused-ring (bicyclic) bond motifs is 2. The van der Waals surface area contributed by atoms with Crippen molar-refractivity contribution in [2.75, 3.05) is 27.9 Å². The van der Waals surface area contributed by atoms with E-state index in [4.69, 9.17) is 10.5 Å². The number of halogens is 3. The topological polar surface area (TPSA) is 87.7 Å². The fourth-order valence-electron chi connectivity index (χ4n) is 7.10. The van der Waals surface area contributed by atoms with Crippen LogP contribution < -0.4 is 14.4 Å². The highest BCUT2D eigenvalue weighted by molar-refractivity contribution is 8.03. The maximum atomic E-state index is 13.9. The van der Waals surface area contributed by atoms with Gasteiger partial charge in [-0.2, -0.15) is 17.7 Å². The molecule has 2 heterocycles. The van der Waals surface area contributed by atoms with Gasteiger partial charge in [-0.15, -0.1) is 8.67 Å². The van der Waals surface area contributed by atoms with Crippen molar-refractivity contribution in [3.8, 4) is 0 Å². The van der Waals surface area contributed by atoms with Gasteiger partial charge in [-0.25, -0.2) is 10.5 Å². The fourth-order valence-corrected chi connectivity index (χ4v) is 9.96. The average molecular weight is 881 g/mol. The number of para-hydroxylation sites is 2. The first-order valence-electron chi connectivity index (χ1n) is 18.8. The first-order valence-corrected chi connectivity index (χ1v) is 22.2. The molecule has 0 bridgehead atoms. The number of rotatable bonds is 18. The number of thioether (sulfide) groups is 1. The second kappa shape index (κ2) is 20.5. The summed E-state index contributed by atoms with van der Waals surface area (Å²) in [5.74, 6) is 1.07. The molecule has 0 saturated heterocycles. The van der Waals surface area contributed by atoms with E-state index in [0.29, 0.717) is 30.0 Å². The molecule has 1 aromatic heterocycles. The molecule has 0 spiro atoms. The van der Waals surface area contributed by atoms with E-state index >= 15 is 0 Å². The SMILES string of the molecule is Cc1ccc2c(c1)N(CCCSOOO)/C(=C/C=C1\CCC(/C=C/c3sc4ccc(C(F)(F)F)cc4[n+]3CCCSOOO)=C1N(c1ccccc1)c1ccccc1)S2. The minimum Gasteiger partial charge on any atom is -0.335 e. The van der Waals surface area contributed by atoms with Gasteiger partial charge in [0.1, 0.15) is 4.70 Å². The third-order valence-electron chi connectivity index (χ3n) is 9.70. The van der Waals surface area contributed by atoms with Gasteiger partial charge in [0.15, 0.2) is 6.54 Å². The maximum absolute atomic E-state index is 13.9. The van der Waals surface area contributed by atoms with Crippen LogP contribution in [0.25, 0.3) is 16.3 Å². The summed E-state index contributed by atoms with van der Waals surface area (Å²) in [5.41, 5.74) is 7.38. The Balaban J connectivity index is 1.31. The summed E-state index contributed by atoms with van der Waals surface area (Å²) in [6, 6.07) is 30.8. The van der Waals surface area contributed by atoms with E-state index in [1.54, 1.807) is 11.8 Å². The Bertz CT molecular complexity index is 2300. The number of thiazole rings is 1. The molecule has 1 aliphatic carbocycles. The highest BCUT2D eigenvalue weighted by Gasteiger charge is 2.33. The molecule has 0 radical (unpaired) electrons. The van der Waals surface area contributed by atoms with Gasteiger partial charge in [-0.05, 0) is 104 Å². The molecule has 2 aliphatic rings. The molecule has 59 heavy (non-hydrogen) atoms. The van der Waals surface area contributed by atoms with Crippen LogP contribution in [0.15, 0.2) is 142 Å². The Morgan fingerprint density at radius 2 is 1.53 bits per heavy atom. The van der Waals surface area contributed by atoms with Crippen LogP contribution in [0.3, 0.4) is 0 Å². The van der Waals surface area contributed by atoms with Gasteiger partial charge >= 0.3 is 6.18 Å². The summed E-state index contributed by atoms with van der Waals surface area (Å²) < 4.78 is 53.4. The second-order valence-electron chi connectivity index (χ2n) is 13.5. The van der Waals surface area contributed by atoms with Crippen LogP contribution in [0, 0.1) is 6.92 Å². The number of anilines is 3. The third-order valence-corrected chi connectivity index (χ3v) is 13.2. The zero-order chi connectivity index (χ0) is 41.2. The van der Waals surface area contributed by atoms with Gasteiger partial charge in [-0.1, -0.05) is 81.7 Å². The summed E-state index contributed by atoms with van der Waals surface area (Å²) >= 11 is 5.13. The standard InChI is InChI=1S/C43H40F3N3O6S4/c1-30-14-20-38-36(28-30)47(24-8-26-56-54-52-50)40(58-38)22-17-31-15-16-32(42(31)49(34-10-4-2-5-11-34)35-12-6-3-7-13-35)18-23-41-48(25-9-27-57-55-53-51)37-29-33(43(44,45)46)19-21-39(37)59-41/h2-7,10-14,17-23,28-29H,8-9,15-16,24-27H2,1H3,(H-,50,51)/p+1. The van der Waals surface area contributed by atoms with E-state index in [0.717, 1.165) is 105 Å². The number of hydrogen-bond donors (Lipinski definition) is 2. The Hall–Kier alpha value is -4.07. The molecule has 0 fully saturated rings. The molecule has 308 valence electrons. The second-order valence-corrected chi connectivity index (χ2v) is 17.2. The number of aromatic nitrogens is 1. The number of allylic oxidation sites excluding steroid dienone is 5. The van der Waals surface area contributed by atoms with Gasteiger partial charge in [-0.3, -0.25) is 0 Å². The lowest BCUT2D eigenvalue weighted by atomic mass is 10.1. The van der Waals surface area contributed by atoms with Crippen LogP contribution in [-0.4, -0.2) is 28.6 Å². The lowest BCUT2D eigenvalue weighted by Gasteiger charge is -2.28. The minimum atomic E-state index is -4.48. The van der Waals surface area contributed by atoms with Crippen molar-refractivity contribution in [3.63, 3.8) is 0 Å². The molecule has 0 unspecified atom stereocenters. The van der Waals surface area contributed by atoms with E-state index in [-0.39, 0.29) is 0 Å². The first-order chi connectivity index (χ1) is 28.7. The molecular weight excluding hydrogens is 840 g/mol. The number of nitrogens with zero attached hydrogens (tertiary/aromatic N) is 3. The molecule has 2 N–H and O–H groups in total. The highest BCUT2D eigenvalue weighted by atomic mass is 32.2. The number of benzene rings is 4. The maximum Gasteiger partial charge on any atom is 0.416 e. The van der Waals surface area contributed by atoms with Crippen LogP contribution in [0.1, 0.15) is 41.8 Å². The number of aryl methyl sites for hydroxylation is 2. The molecule has 9 nitrogen and oxygen atoms in total. The predicted octanol–water partition coefficient (Wildman–Crippen LogP) is 12.7. The van der Waals surface area contributed by atoms with E-state index in [9.17, 15) is 13.2 Å². The normalized spacial score (nSPS) is 15.8. The van der Waals surface area contributed by atoms with Crippen LogP contribution in [-0.2, 0) is 31.5 Å². The monoisotopic (exact) mass is 880 g/mol. The van der Waals surface area contributed by atoms with Crippen molar-refractivity contribution >= 4 is 80.5 Å². The molecule has 16 heteroatoms. The van der Waals surface area contributed by atoms with Crippen LogP contribution in [0.5, 0.6) is 0 Å². The Labute approximate surface area is 357 Å². The van der Waals surface area contributed by atoms with Crippen molar-refractivity contribution < 1.29 is 47.0 Å². The summed E-state index contributed by atoms with van der Waals surface area (Å²) in [4.78, 5) is 5.78. The Morgan fingerprint density at radius 3 is 2.20 bits per heavy atom. The van der Waals surface area contributed by atoms with E-state index in [1.165, 1.54) is 33.9 Å². The van der Waals surface area contributed by atoms with E-state index < -0.39 is 11.7 Å². The van der Waals surface area contributed by atoms with Crippen molar-refractivity contribution in [3.05, 3.63) is 153 Å². The van der Waals surface area contributed by atoms with E-state index in [2.05, 4.69) is 96.2 Å². The van der Waals surface area contributed by atoms with Crippen LogP contribution in [0.2, 0.25) is 0 Å². The fraction of sp³-hybridized carbons (Fsp3) is 0.233. The zero-order valence-electron chi connectivity index (χ0n) is 31.8. The summed E-state index contributed by atoms with van der Waals surface area (Å²) in [5, 5.41) is 26.5. The lowest BCUT2D eigenvalue weighted by molar-refractivity contribution is -0.668. The number of hydrogen-bond acceptors (Lipinski definition) is 12. The zero-order valence-corrected chi connectivity index (χ0v) is 35.1. The molecule has 1 aliphatic heterocycles. The van der Waals surface area contributed by atoms with E-state index in [1.807, 2.05) is 47.0 Å². The summed E-state index contributed by atoms with van der Waals surface area (Å²) in [7, 11) is 0. The summed E-state index contributed by atoms with van der Waals surface area (Å²) in [6.45, 7) is 3.24. The largest absolute Gasteiger partial charge is 0.416 e. The smallest absolute Gasteiger partial charge is 0.335 e. The van der Waals surface area contributed by atoms with Gasteiger partial charge in [0.25, 0.3) is 5.01 Å². The quantitative estimate of drug-likeness (QED) is 0.0290. The average Bonchev–Trinajstić information content (AvgIpc) is 3.92. The first kappa shape index (κ1) is 43.0.